The number of hydrogen-bond donors (Lipinski definition) is 2. The Balaban J connectivity index is 1.49. The molecule has 142 valence electrons. The van der Waals surface area contributed by atoms with E-state index in [4.69, 9.17) is 5.73 Å². The third-order valence-electron chi connectivity index (χ3n) is 4.98. The summed E-state index contributed by atoms with van der Waals surface area (Å²) in [5.74, 6) is -0.499. The SMILES string of the molecule is NC(=O)c1nccc(-c2ccc(NCC3(c4ncccc4F)CCC3)nn2)n1. The summed E-state index contributed by atoms with van der Waals surface area (Å²) < 4.78 is 14.2. The van der Waals surface area contributed by atoms with Crippen molar-refractivity contribution in [2.24, 2.45) is 5.73 Å². The summed E-state index contributed by atoms with van der Waals surface area (Å²) in [6, 6.07) is 8.15. The van der Waals surface area contributed by atoms with Gasteiger partial charge in [0.25, 0.3) is 5.91 Å². The van der Waals surface area contributed by atoms with Crippen LogP contribution in [-0.2, 0) is 5.41 Å². The lowest BCUT2D eigenvalue weighted by atomic mass is 9.66. The second-order valence-electron chi connectivity index (χ2n) is 6.75. The van der Waals surface area contributed by atoms with Gasteiger partial charge in [-0.05, 0) is 43.2 Å². The minimum Gasteiger partial charge on any atom is -0.368 e. The normalized spacial score (nSPS) is 14.9. The molecule has 0 aliphatic heterocycles. The molecule has 3 aromatic rings. The van der Waals surface area contributed by atoms with Gasteiger partial charge in [0.05, 0.1) is 11.4 Å². The van der Waals surface area contributed by atoms with E-state index in [1.165, 1.54) is 12.3 Å². The number of aromatic nitrogens is 5. The molecule has 0 atom stereocenters. The van der Waals surface area contributed by atoms with Gasteiger partial charge in [-0.2, -0.15) is 0 Å². The number of hydrogen-bond acceptors (Lipinski definition) is 7. The minimum absolute atomic E-state index is 0.0779. The van der Waals surface area contributed by atoms with Crippen molar-refractivity contribution >= 4 is 11.7 Å². The van der Waals surface area contributed by atoms with Crippen molar-refractivity contribution in [1.29, 1.82) is 0 Å². The Kier molecular flexibility index (Phi) is 4.64. The molecule has 0 aromatic carbocycles. The van der Waals surface area contributed by atoms with E-state index in [9.17, 15) is 9.18 Å². The number of rotatable bonds is 6. The molecule has 3 N–H and O–H groups in total. The molecule has 1 aliphatic rings. The van der Waals surface area contributed by atoms with E-state index >= 15 is 0 Å². The number of nitrogens with two attached hydrogens (primary N) is 1. The van der Waals surface area contributed by atoms with Crippen LogP contribution in [0.2, 0.25) is 0 Å². The van der Waals surface area contributed by atoms with E-state index in [1.807, 2.05) is 0 Å². The maximum Gasteiger partial charge on any atom is 0.286 e. The summed E-state index contributed by atoms with van der Waals surface area (Å²) in [5.41, 5.74) is 6.32. The van der Waals surface area contributed by atoms with E-state index in [2.05, 4.69) is 30.5 Å². The van der Waals surface area contributed by atoms with Crippen molar-refractivity contribution in [3.05, 3.63) is 60.1 Å². The zero-order chi connectivity index (χ0) is 19.6. The summed E-state index contributed by atoms with van der Waals surface area (Å²) in [7, 11) is 0. The molecule has 0 bridgehead atoms. The quantitative estimate of drug-likeness (QED) is 0.673. The molecule has 3 heterocycles. The molecular formula is C19H18FN7O. The molecule has 3 aromatic heterocycles. The Morgan fingerprint density at radius 3 is 2.61 bits per heavy atom. The molecule has 0 saturated heterocycles. The van der Waals surface area contributed by atoms with Crippen LogP contribution < -0.4 is 11.1 Å². The Hall–Kier alpha value is -3.49. The van der Waals surface area contributed by atoms with Crippen molar-refractivity contribution in [2.45, 2.75) is 24.7 Å². The fourth-order valence-electron chi connectivity index (χ4n) is 3.32. The Morgan fingerprint density at radius 1 is 1.11 bits per heavy atom. The number of nitrogens with zero attached hydrogens (tertiary/aromatic N) is 5. The van der Waals surface area contributed by atoms with Gasteiger partial charge in [0, 0.05) is 24.4 Å². The van der Waals surface area contributed by atoms with Crippen molar-refractivity contribution in [1.82, 2.24) is 25.1 Å². The fraction of sp³-hybridized carbons (Fsp3) is 0.263. The first kappa shape index (κ1) is 17.9. The van der Waals surface area contributed by atoms with Crippen LogP contribution in [0, 0.1) is 5.82 Å². The van der Waals surface area contributed by atoms with Gasteiger partial charge in [0.15, 0.2) is 0 Å². The monoisotopic (exact) mass is 379 g/mol. The van der Waals surface area contributed by atoms with Crippen LogP contribution in [0.25, 0.3) is 11.4 Å². The molecule has 1 aliphatic carbocycles. The summed E-state index contributed by atoms with van der Waals surface area (Å²) in [4.78, 5) is 23.3. The number of primary amides is 1. The molecule has 0 spiro atoms. The lowest BCUT2D eigenvalue weighted by molar-refractivity contribution is 0.0990. The molecule has 0 unspecified atom stereocenters. The third kappa shape index (κ3) is 3.38. The van der Waals surface area contributed by atoms with Crippen LogP contribution in [0.15, 0.2) is 42.7 Å². The zero-order valence-electron chi connectivity index (χ0n) is 15.0. The number of nitrogens with one attached hydrogen (secondary N) is 1. The fourth-order valence-corrected chi connectivity index (χ4v) is 3.32. The van der Waals surface area contributed by atoms with Crippen LogP contribution in [0.5, 0.6) is 0 Å². The Morgan fingerprint density at radius 2 is 1.96 bits per heavy atom. The zero-order valence-corrected chi connectivity index (χ0v) is 15.0. The van der Waals surface area contributed by atoms with Crippen LogP contribution in [0.4, 0.5) is 10.2 Å². The van der Waals surface area contributed by atoms with Crippen molar-refractivity contribution in [3.8, 4) is 11.4 Å². The topological polar surface area (TPSA) is 120 Å². The van der Waals surface area contributed by atoms with Crippen LogP contribution in [0.3, 0.4) is 0 Å². The Labute approximate surface area is 160 Å². The van der Waals surface area contributed by atoms with Gasteiger partial charge in [-0.3, -0.25) is 9.78 Å². The van der Waals surface area contributed by atoms with Crippen LogP contribution >= 0.6 is 0 Å². The van der Waals surface area contributed by atoms with E-state index in [1.54, 1.807) is 30.5 Å². The summed E-state index contributed by atoms with van der Waals surface area (Å²) in [6.07, 6.45) is 5.85. The van der Waals surface area contributed by atoms with Crippen molar-refractivity contribution in [3.63, 3.8) is 0 Å². The number of anilines is 1. The van der Waals surface area contributed by atoms with E-state index in [0.29, 0.717) is 29.4 Å². The molecule has 1 fully saturated rings. The van der Waals surface area contributed by atoms with Crippen molar-refractivity contribution in [2.75, 3.05) is 11.9 Å². The molecular weight excluding hydrogens is 361 g/mol. The van der Waals surface area contributed by atoms with E-state index in [0.717, 1.165) is 19.3 Å². The first-order chi connectivity index (χ1) is 13.6. The van der Waals surface area contributed by atoms with Crippen LogP contribution in [-0.4, -0.2) is 37.6 Å². The Bertz CT molecular complexity index is 1010. The van der Waals surface area contributed by atoms with E-state index in [-0.39, 0.29) is 17.1 Å². The average molecular weight is 379 g/mol. The first-order valence-corrected chi connectivity index (χ1v) is 8.89. The molecule has 8 nitrogen and oxygen atoms in total. The summed E-state index contributed by atoms with van der Waals surface area (Å²) in [5, 5.41) is 11.5. The molecule has 4 rings (SSSR count). The number of carbonyl (C=O) groups excluding carboxylic acids is 1. The molecule has 1 saturated carbocycles. The lowest BCUT2D eigenvalue weighted by Crippen LogP contribution is -2.42. The van der Waals surface area contributed by atoms with Crippen LogP contribution in [0.1, 0.15) is 35.6 Å². The number of pyridine rings is 1. The van der Waals surface area contributed by atoms with Gasteiger partial charge in [-0.15, -0.1) is 10.2 Å². The van der Waals surface area contributed by atoms with Gasteiger partial charge in [0.1, 0.15) is 17.3 Å². The standard InChI is InChI=1S/C19H18FN7O/c20-12-3-1-9-22-16(12)19(7-2-8-19)11-24-15-5-4-14(26-27-15)13-6-10-23-18(25-13)17(21)28/h1,3-6,9-10H,2,7-8,11H2,(H2,21,28)(H,24,27). The average Bonchev–Trinajstić information content (AvgIpc) is 2.69. The second-order valence-corrected chi connectivity index (χ2v) is 6.75. The second kappa shape index (κ2) is 7.26. The van der Waals surface area contributed by atoms with Gasteiger partial charge in [-0.25, -0.2) is 14.4 Å². The van der Waals surface area contributed by atoms with Gasteiger partial charge >= 0.3 is 0 Å². The third-order valence-corrected chi connectivity index (χ3v) is 4.98. The molecule has 9 heteroatoms. The van der Waals surface area contributed by atoms with Gasteiger partial charge < -0.3 is 11.1 Å². The number of halogens is 1. The largest absolute Gasteiger partial charge is 0.368 e. The van der Waals surface area contributed by atoms with Gasteiger partial charge in [-0.1, -0.05) is 6.42 Å². The molecule has 1 amide bonds. The predicted molar refractivity (Wildman–Crippen MR) is 99.8 cm³/mol. The predicted octanol–water partition coefficient (Wildman–Crippen LogP) is 2.10. The maximum atomic E-state index is 14.2. The highest BCUT2D eigenvalue weighted by molar-refractivity contribution is 5.89. The molecule has 28 heavy (non-hydrogen) atoms. The summed E-state index contributed by atoms with van der Waals surface area (Å²) >= 11 is 0. The highest BCUT2D eigenvalue weighted by Gasteiger charge is 2.41. The minimum atomic E-state index is -0.708. The molecule has 0 radical (unpaired) electrons. The smallest absolute Gasteiger partial charge is 0.286 e. The highest BCUT2D eigenvalue weighted by atomic mass is 19.1. The van der Waals surface area contributed by atoms with Crippen molar-refractivity contribution < 1.29 is 9.18 Å². The maximum absolute atomic E-state index is 14.2. The highest BCUT2D eigenvalue weighted by Crippen LogP contribution is 2.43. The number of amides is 1. The lowest BCUT2D eigenvalue weighted by Gasteiger charge is -2.41. The first-order valence-electron chi connectivity index (χ1n) is 8.89. The number of carbonyl (C=O) groups is 1. The van der Waals surface area contributed by atoms with E-state index < -0.39 is 5.91 Å². The van der Waals surface area contributed by atoms with Gasteiger partial charge in [0.2, 0.25) is 5.82 Å². The summed E-state index contributed by atoms with van der Waals surface area (Å²) in [6.45, 7) is 0.522.